The third-order valence-electron chi connectivity index (χ3n) is 2.48. The van der Waals surface area contributed by atoms with Gasteiger partial charge in [-0.15, -0.1) is 0 Å². The molecule has 2 rings (SSSR count). The van der Waals surface area contributed by atoms with Crippen LogP contribution in [-0.4, -0.2) is 21.1 Å². The highest BCUT2D eigenvalue weighted by molar-refractivity contribution is 5.56. The van der Waals surface area contributed by atoms with Gasteiger partial charge < -0.3 is 4.79 Å². The van der Waals surface area contributed by atoms with Crippen molar-refractivity contribution in [3.63, 3.8) is 0 Å². The van der Waals surface area contributed by atoms with E-state index < -0.39 is 0 Å². The average Bonchev–Trinajstić information content (AvgIpc) is 2.54. The molecule has 2 atom stereocenters. The molecule has 68 valence electrons. The van der Waals surface area contributed by atoms with Crippen LogP contribution in [0.25, 0.3) is 6.20 Å². The van der Waals surface area contributed by atoms with Crippen LogP contribution in [0.15, 0.2) is 12.4 Å². The molecule has 0 amide bonds. The van der Waals surface area contributed by atoms with Crippen molar-refractivity contribution < 1.29 is 4.79 Å². The van der Waals surface area contributed by atoms with Crippen LogP contribution in [0.2, 0.25) is 0 Å². The Balaban J connectivity index is 2.42. The van der Waals surface area contributed by atoms with Crippen LogP contribution in [0.1, 0.15) is 25.1 Å². The number of aldehydes is 1. The van der Waals surface area contributed by atoms with Crippen molar-refractivity contribution in [1.29, 1.82) is 0 Å². The Bertz CT molecular complexity index is 342. The molecular formula is C9H11N3O. The van der Waals surface area contributed by atoms with E-state index in [9.17, 15) is 4.79 Å². The summed E-state index contributed by atoms with van der Waals surface area (Å²) in [4.78, 5) is 14.9. The van der Waals surface area contributed by atoms with E-state index in [1.807, 2.05) is 19.2 Å². The quantitative estimate of drug-likeness (QED) is 0.603. The van der Waals surface area contributed by atoms with Crippen LogP contribution in [0.5, 0.6) is 0 Å². The molecule has 4 heteroatoms. The van der Waals surface area contributed by atoms with Gasteiger partial charge in [-0.1, -0.05) is 13.0 Å². The molecule has 13 heavy (non-hydrogen) atoms. The van der Waals surface area contributed by atoms with E-state index in [2.05, 4.69) is 10.1 Å². The minimum atomic E-state index is 0.0294. The molecular weight excluding hydrogens is 166 g/mol. The van der Waals surface area contributed by atoms with Crippen LogP contribution in [0.4, 0.5) is 0 Å². The highest BCUT2D eigenvalue weighted by Crippen LogP contribution is 2.26. The summed E-state index contributed by atoms with van der Waals surface area (Å²) < 4.78 is 1.73. The van der Waals surface area contributed by atoms with Gasteiger partial charge in [-0.2, -0.15) is 5.10 Å². The Morgan fingerprint density at radius 1 is 1.69 bits per heavy atom. The van der Waals surface area contributed by atoms with E-state index in [0.717, 1.165) is 18.5 Å². The molecule has 0 N–H and O–H groups in total. The molecule has 1 aromatic rings. The van der Waals surface area contributed by atoms with E-state index >= 15 is 0 Å². The van der Waals surface area contributed by atoms with Crippen molar-refractivity contribution in [2.45, 2.75) is 19.3 Å². The third kappa shape index (κ3) is 1.28. The van der Waals surface area contributed by atoms with E-state index in [1.54, 1.807) is 4.68 Å². The van der Waals surface area contributed by atoms with Gasteiger partial charge in [0.2, 0.25) is 0 Å². The molecule has 0 fully saturated rings. The molecule has 1 aromatic heterocycles. The van der Waals surface area contributed by atoms with E-state index in [0.29, 0.717) is 0 Å². The van der Waals surface area contributed by atoms with Gasteiger partial charge in [0.1, 0.15) is 18.4 Å². The Morgan fingerprint density at radius 3 is 3.31 bits per heavy atom. The number of fused-ring (bicyclic) bond motifs is 1. The molecule has 0 spiro atoms. The highest BCUT2D eigenvalue weighted by Gasteiger charge is 2.23. The van der Waals surface area contributed by atoms with Gasteiger partial charge in [-0.3, -0.25) is 0 Å². The summed E-state index contributed by atoms with van der Waals surface area (Å²) in [6, 6.07) is 0. The van der Waals surface area contributed by atoms with E-state index in [1.165, 1.54) is 6.33 Å². The molecule has 0 aromatic carbocycles. The fourth-order valence-corrected chi connectivity index (χ4v) is 1.59. The van der Waals surface area contributed by atoms with Crippen molar-refractivity contribution in [2.75, 3.05) is 0 Å². The van der Waals surface area contributed by atoms with Crippen LogP contribution >= 0.6 is 0 Å². The number of carbonyl (C=O) groups is 1. The number of hydrogen-bond donors (Lipinski definition) is 0. The van der Waals surface area contributed by atoms with Gasteiger partial charge in [0.05, 0.1) is 0 Å². The maximum Gasteiger partial charge on any atom is 0.138 e. The molecule has 1 aliphatic rings. The summed E-state index contributed by atoms with van der Waals surface area (Å²) in [5.41, 5.74) is 0. The van der Waals surface area contributed by atoms with Gasteiger partial charge in [0.15, 0.2) is 0 Å². The second-order valence-electron chi connectivity index (χ2n) is 3.27. The van der Waals surface area contributed by atoms with E-state index in [-0.39, 0.29) is 11.8 Å². The van der Waals surface area contributed by atoms with E-state index in [4.69, 9.17) is 0 Å². The highest BCUT2D eigenvalue weighted by atomic mass is 16.1. The first-order valence-electron chi connectivity index (χ1n) is 4.34. The summed E-state index contributed by atoms with van der Waals surface area (Å²) in [6.45, 7) is 2.01. The first kappa shape index (κ1) is 8.16. The normalized spacial score (nSPS) is 26.5. The Labute approximate surface area is 76.3 Å². The fourth-order valence-electron chi connectivity index (χ4n) is 1.59. The fraction of sp³-hybridized carbons (Fsp3) is 0.444. The maximum absolute atomic E-state index is 10.8. The summed E-state index contributed by atoms with van der Waals surface area (Å²) in [6.07, 6.45) is 7.11. The number of aromatic nitrogens is 3. The minimum absolute atomic E-state index is 0.0294. The topological polar surface area (TPSA) is 47.8 Å². The number of hydrogen-bond acceptors (Lipinski definition) is 3. The third-order valence-corrected chi connectivity index (χ3v) is 2.48. The molecule has 0 radical (unpaired) electrons. The monoisotopic (exact) mass is 177 g/mol. The zero-order chi connectivity index (χ0) is 9.26. The van der Waals surface area contributed by atoms with Crippen LogP contribution in [0.3, 0.4) is 0 Å². The first-order valence-corrected chi connectivity index (χ1v) is 4.34. The van der Waals surface area contributed by atoms with Gasteiger partial charge in [-0.05, 0) is 6.42 Å². The average molecular weight is 177 g/mol. The Hall–Kier alpha value is -1.45. The van der Waals surface area contributed by atoms with Gasteiger partial charge >= 0.3 is 0 Å². The number of rotatable bonds is 1. The van der Waals surface area contributed by atoms with Crippen molar-refractivity contribution in [3.05, 3.63) is 18.2 Å². The van der Waals surface area contributed by atoms with Crippen molar-refractivity contribution >= 4 is 12.5 Å². The molecule has 0 bridgehead atoms. The van der Waals surface area contributed by atoms with Crippen molar-refractivity contribution in [2.24, 2.45) is 5.92 Å². The summed E-state index contributed by atoms with van der Waals surface area (Å²) in [5, 5.41) is 4.04. The lowest BCUT2D eigenvalue weighted by molar-refractivity contribution is -0.111. The molecule has 0 saturated carbocycles. The molecule has 1 aliphatic heterocycles. The van der Waals surface area contributed by atoms with Gasteiger partial charge in [0, 0.05) is 18.0 Å². The number of carbonyl (C=O) groups excluding carboxylic acids is 1. The smallest absolute Gasteiger partial charge is 0.138 e. The van der Waals surface area contributed by atoms with Crippen LogP contribution in [-0.2, 0) is 4.79 Å². The molecule has 2 heterocycles. The second kappa shape index (κ2) is 3.12. The van der Waals surface area contributed by atoms with Crippen molar-refractivity contribution in [1.82, 2.24) is 14.8 Å². The van der Waals surface area contributed by atoms with Crippen LogP contribution in [0, 0.1) is 5.92 Å². The summed E-state index contributed by atoms with van der Waals surface area (Å²) in [5.74, 6) is 1.04. The number of nitrogens with zero attached hydrogens (tertiary/aromatic N) is 3. The van der Waals surface area contributed by atoms with Crippen molar-refractivity contribution in [3.8, 4) is 0 Å². The standard InChI is InChI=1S/C9H11N3O/c1-7-8(5-13)3-2-4-12-9(7)10-6-11-12/h2,4-8H,3H2,1H3. The molecule has 2 unspecified atom stereocenters. The second-order valence-corrected chi connectivity index (χ2v) is 3.27. The Kier molecular flexibility index (Phi) is 1.96. The summed E-state index contributed by atoms with van der Waals surface area (Å²) in [7, 11) is 0. The SMILES string of the molecule is CC1c2ncnn2C=CCC1C=O. The zero-order valence-electron chi connectivity index (χ0n) is 7.42. The maximum atomic E-state index is 10.8. The lowest BCUT2D eigenvalue weighted by Gasteiger charge is -2.13. The molecule has 4 nitrogen and oxygen atoms in total. The van der Waals surface area contributed by atoms with Gasteiger partial charge in [0.25, 0.3) is 0 Å². The van der Waals surface area contributed by atoms with Crippen LogP contribution < -0.4 is 0 Å². The zero-order valence-corrected chi connectivity index (χ0v) is 7.42. The lowest BCUT2D eigenvalue weighted by Crippen LogP contribution is -2.12. The lowest BCUT2D eigenvalue weighted by atomic mass is 9.92. The number of allylic oxidation sites excluding steroid dienone is 1. The van der Waals surface area contributed by atoms with Gasteiger partial charge in [-0.25, -0.2) is 9.67 Å². The largest absolute Gasteiger partial charge is 0.303 e. The Morgan fingerprint density at radius 2 is 2.54 bits per heavy atom. The predicted octanol–water partition coefficient (Wildman–Crippen LogP) is 1.07. The predicted molar refractivity (Wildman–Crippen MR) is 47.9 cm³/mol. The first-order chi connectivity index (χ1) is 6.33. The minimum Gasteiger partial charge on any atom is -0.303 e. The molecule has 0 aliphatic carbocycles. The molecule has 0 saturated heterocycles. The summed E-state index contributed by atoms with van der Waals surface area (Å²) >= 11 is 0.